The number of ether oxygens (including phenoxy) is 2. The maximum absolute atomic E-state index is 12.7. The first-order valence-electron chi connectivity index (χ1n) is 10.2. The van der Waals surface area contributed by atoms with Crippen molar-refractivity contribution in [3.63, 3.8) is 0 Å². The lowest BCUT2D eigenvalue weighted by atomic mass is 10.1. The van der Waals surface area contributed by atoms with Crippen molar-refractivity contribution in [3.05, 3.63) is 54.6 Å². The number of nitrogens with zero attached hydrogens (tertiary/aromatic N) is 2. The normalized spacial score (nSPS) is 12.0. The number of anilines is 1. The van der Waals surface area contributed by atoms with Crippen LogP contribution in [-0.2, 0) is 24.3 Å². The molecule has 33 heavy (non-hydrogen) atoms. The topological polar surface area (TPSA) is 126 Å². The number of carbonyl (C=O) groups excluding carboxylic acids is 2. The monoisotopic (exact) mass is 473 g/mol. The molecule has 10 heteroatoms. The van der Waals surface area contributed by atoms with Crippen LogP contribution >= 0.6 is 0 Å². The molecule has 2 rings (SSSR count). The van der Waals surface area contributed by atoms with Crippen LogP contribution in [0.15, 0.2) is 59.5 Å². The van der Waals surface area contributed by atoms with Crippen LogP contribution in [0.5, 0.6) is 5.75 Å². The van der Waals surface area contributed by atoms with Gasteiger partial charge in [-0.15, -0.1) is 0 Å². The quantitative estimate of drug-likeness (QED) is 0.497. The number of rotatable bonds is 11. The summed E-state index contributed by atoms with van der Waals surface area (Å²) < 4.78 is 38.0. The van der Waals surface area contributed by atoms with Crippen molar-refractivity contribution in [1.29, 1.82) is 5.26 Å². The van der Waals surface area contributed by atoms with Crippen LogP contribution < -0.4 is 14.4 Å². The lowest BCUT2D eigenvalue weighted by molar-refractivity contribution is -0.150. The molecule has 0 aliphatic heterocycles. The first-order chi connectivity index (χ1) is 15.7. The second-order valence-corrected chi connectivity index (χ2v) is 9.13. The highest BCUT2D eigenvalue weighted by Gasteiger charge is 2.30. The number of benzene rings is 2. The van der Waals surface area contributed by atoms with E-state index in [1.54, 1.807) is 44.2 Å². The Labute approximate surface area is 194 Å². The average molecular weight is 474 g/mol. The molecular weight excluding hydrogens is 446 g/mol. The lowest BCUT2D eigenvalue weighted by Gasteiger charge is -2.24. The minimum atomic E-state index is -4.02. The van der Waals surface area contributed by atoms with E-state index in [1.807, 2.05) is 6.07 Å². The van der Waals surface area contributed by atoms with Gasteiger partial charge >= 0.3 is 5.97 Å². The maximum atomic E-state index is 12.7. The van der Waals surface area contributed by atoms with E-state index in [4.69, 9.17) is 14.7 Å². The molecule has 0 bridgehead atoms. The van der Waals surface area contributed by atoms with E-state index in [-0.39, 0.29) is 17.9 Å². The number of hydrogen-bond acceptors (Lipinski definition) is 7. The number of methoxy groups -OCH3 is 1. The molecule has 2 aromatic rings. The molecule has 176 valence electrons. The fourth-order valence-electron chi connectivity index (χ4n) is 2.91. The zero-order valence-corrected chi connectivity index (χ0v) is 19.5. The molecule has 0 aromatic heterocycles. The van der Waals surface area contributed by atoms with E-state index in [2.05, 4.69) is 4.72 Å². The Morgan fingerprint density at radius 3 is 2.27 bits per heavy atom. The van der Waals surface area contributed by atoms with E-state index in [0.717, 1.165) is 0 Å². The molecular formula is C23H27N3O6S. The largest absolute Gasteiger partial charge is 0.497 e. The van der Waals surface area contributed by atoms with Gasteiger partial charge in [0.25, 0.3) is 5.91 Å². The molecule has 1 amide bonds. The predicted octanol–water partition coefficient (Wildman–Crippen LogP) is 2.49. The Morgan fingerprint density at radius 1 is 1.09 bits per heavy atom. The summed E-state index contributed by atoms with van der Waals surface area (Å²) in [7, 11) is -2.56. The Hall–Kier alpha value is -3.42. The van der Waals surface area contributed by atoms with Crippen molar-refractivity contribution in [1.82, 2.24) is 4.72 Å². The fourth-order valence-corrected chi connectivity index (χ4v) is 4.25. The van der Waals surface area contributed by atoms with Crippen molar-refractivity contribution in [2.24, 2.45) is 5.92 Å². The molecule has 0 fully saturated rings. The molecule has 0 aliphatic carbocycles. The summed E-state index contributed by atoms with van der Waals surface area (Å²) in [6, 6.07) is 15.2. The minimum Gasteiger partial charge on any atom is -0.497 e. The fraction of sp³-hybridized carbons (Fsp3) is 0.348. The van der Waals surface area contributed by atoms with Crippen LogP contribution in [0.3, 0.4) is 0 Å². The van der Waals surface area contributed by atoms with E-state index in [9.17, 15) is 18.0 Å². The van der Waals surface area contributed by atoms with E-state index >= 15 is 0 Å². The lowest BCUT2D eigenvalue weighted by Crippen LogP contribution is -2.46. The third-order valence-electron chi connectivity index (χ3n) is 4.73. The van der Waals surface area contributed by atoms with Gasteiger partial charge in [-0.05, 0) is 42.3 Å². The molecule has 0 spiro atoms. The van der Waals surface area contributed by atoms with Gasteiger partial charge in [-0.2, -0.15) is 9.98 Å². The van der Waals surface area contributed by atoms with Gasteiger partial charge in [-0.1, -0.05) is 32.0 Å². The SMILES string of the molecule is COc1ccc(S(=O)(=O)NC(C(=O)OCC(=O)N(CCC#N)c2ccccc2)C(C)C)cc1. The summed E-state index contributed by atoms with van der Waals surface area (Å²) in [5.41, 5.74) is 0.564. The van der Waals surface area contributed by atoms with E-state index in [0.29, 0.717) is 11.4 Å². The molecule has 1 atom stereocenters. The summed E-state index contributed by atoms with van der Waals surface area (Å²) in [5, 5.41) is 8.88. The van der Waals surface area contributed by atoms with Gasteiger partial charge in [0.15, 0.2) is 6.61 Å². The summed E-state index contributed by atoms with van der Waals surface area (Å²) >= 11 is 0. The van der Waals surface area contributed by atoms with Crippen LogP contribution in [0.4, 0.5) is 5.69 Å². The minimum absolute atomic E-state index is 0.0374. The maximum Gasteiger partial charge on any atom is 0.324 e. The second-order valence-electron chi connectivity index (χ2n) is 7.42. The average Bonchev–Trinajstić information content (AvgIpc) is 2.81. The molecule has 2 aromatic carbocycles. The zero-order valence-electron chi connectivity index (χ0n) is 18.7. The first-order valence-corrected chi connectivity index (χ1v) is 11.7. The van der Waals surface area contributed by atoms with Crippen LogP contribution in [0, 0.1) is 17.2 Å². The highest BCUT2D eigenvalue weighted by molar-refractivity contribution is 7.89. The van der Waals surface area contributed by atoms with Gasteiger partial charge < -0.3 is 14.4 Å². The van der Waals surface area contributed by atoms with Gasteiger partial charge in [-0.3, -0.25) is 9.59 Å². The molecule has 0 saturated heterocycles. The Bertz CT molecular complexity index is 1080. The number of para-hydroxylation sites is 1. The number of sulfonamides is 1. The second kappa shape index (κ2) is 12.0. The van der Waals surface area contributed by atoms with Crippen LogP contribution in [0.1, 0.15) is 20.3 Å². The number of esters is 1. The number of nitriles is 1. The third-order valence-corrected chi connectivity index (χ3v) is 6.18. The first kappa shape index (κ1) is 25.8. The van der Waals surface area contributed by atoms with Crippen molar-refractivity contribution in [2.75, 3.05) is 25.2 Å². The van der Waals surface area contributed by atoms with Gasteiger partial charge in [0.2, 0.25) is 10.0 Å². The number of carbonyl (C=O) groups is 2. The zero-order chi connectivity index (χ0) is 24.4. The number of amides is 1. The summed E-state index contributed by atoms with van der Waals surface area (Å²) in [6.07, 6.45) is 0.102. The Morgan fingerprint density at radius 2 is 1.73 bits per heavy atom. The van der Waals surface area contributed by atoms with Crippen molar-refractivity contribution < 1.29 is 27.5 Å². The summed E-state index contributed by atoms with van der Waals surface area (Å²) in [4.78, 5) is 26.7. The van der Waals surface area contributed by atoms with Crippen LogP contribution in [0.25, 0.3) is 0 Å². The third kappa shape index (κ3) is 7.30. The molecule has 1 unspecified atom stereocenters. The number of nitrogens with one attached hydrogen (secondary N) is 1. The highest BCUT2D eigenvalue weighted by Crippen LogP contribution is 2.18. The summed E-state index contributed by atoms with van der Waals surface area (Å²) in [6.45, 7) is 2.86. The van der Waals surface area contributed by atoms with Gasteiger partial charge in [0.05, 0.1) is 24.5 Å². The predicted molar refractivity (Wildman–Crippen MR) is 122 cm³/mol. The molecule has 0 saturated carbocycles. The van der Waals surface area contributed by atoms with Crippen molar-refractivity contribution in [3.8, 4) is 11.8 Å². The van der Waals surface area contributed by atoms with Crippen molar-refractivity contribution >= 4 is 27.6 Å². The molecule has 0 aliphatic rings. The summed E-state index contributed by atoms with van der Waals surface area (Å²) in [5.74, 6) is -1.34. The smallest absolute Gasteiger partial charge is 0.324 e. The van der Waals surface area contributed by atoms with Crippen molar-refractivity contribution in [2.45, 2.75) is 31.2 Å². The molecule has 1 N–H and O–H groups in total. The van der Waals surface area contributed by atoms with E-state index in [1.165, 1.54) is 36.3 Å². The van der Waals surface area contributed by atoms with Crippen LogP contribution in [-0.4, -0.2) is 46.6 Å². The Balaban J connectivity index is 2.09. The number of hydrogen-bond donors (Lipinski definition) is 1. The Kier molecular flexibility index (Phi) is 9.39. The molecule has 0 heterocycles. The molecule has 0 radical (unpaired) electrons. The molecule has 9 nitrogen and oxygen atoms in total. The van der Waals surface area contributed by atoms with Crippen LogP contribution in [0.2, 0.25) is 0 Å². The van der Waals surface area contributed by atoms with E-state index < -0.39 is 40.5 Å². The van der Waals surface area contributed by atoms with Gasteiger partial charge in [-0.25, -0.2) is 8.42 Å². The standard InChI is InChI=1S/C23H27N3O6S/c1-17(2)22(25-33(29,30)20-12-10-19(31-3)11-13-20)23(28)32-16-21(27)26(15-7-14-24)18-8-5-4-6-9-18/h4-6,8-13,17,22,25H,7,15-16H2,1-3H3. The highest BCUT2D eigenvalue weighted by atomic mass is 32.2. The van der Waals surface area contributed by atoms with Gasteiger partial charge in [0, 0.05) is 12.2 Å². The van der Waals surface area contributed by atoms with Gasteiger partial charge in [0.1, 0.15) is 11.8 Å².